The van der Waals surface area contributed by atoms with Gasteiger partial charge in [-0.2, -0.15) is 4.98 Å². The molecular formula is C15H15N7O2. The van der Waals surface area contributed by atoms with E-state index in [-0.39, 0.29) is 11.9 Å². The summed E-state index contributed by atoms with van der Waals surface area (Å²) in [5.74, 6) is 1.00. The molecule has 2 aromatic heterocycles. The Morgan fingerprint density at radius 2 is 2.29 bits per heavy atom. The topological polar surface area (TPSA) is 103 Å². The third-order valence-corrected chi connectivity index (χ3v) is 4.05. The van der Waals surface area contributed by atoms with Gasteiger partial charge in [-0.15, -0.1) is 5.10 Å². The Kier molecular flexibility index (Phi) is 3.52. The lowest BCUT2D eigenvalue weighted by Crippen LogP contribution is -2.30. The van der Waals surface area contributed by atoms with E-state index < -0.39 is 0 Å². The molecule has 9 heteroatoms. The van der Waals surface area contributed by atoms with Crippen molar-refractivity contribution in [1.29, 1.82) is 0 Å². The van der Waals surface area contributed by atoms with Crippen molar-refractivity contribution >= 4 is 5.91 Å². The largest absolute Gasteiger partial charge is 0.337 e. The Balaban J connectivity index is 1.62. The van der Waals surface area contributed by atoms with Gasteiger partial charge in [-0.3, -0.25) is 4.79 Å². The Labute approximate surface area is 137 Å². The van der Waals surface area contributed by atoms with Crippen LogP contribution < -0.4 is 0 Å². The van der Waals surface area contributed by atoms with E-state index in [0.29, 0.717) is 23.8 Å². The molecule has 0 saturated carbocycles. The highest BCUT2D eigenvalue weighted by Gasteiger charge is 2.34. The van der Waals surface area contributed by atoms with Gasteiger partial charge in [-0.1, -0.05) is 11.2 Å². The third kappa shape index (κ3) is 2.53. The molecule has 1 fully saturated rings. The Bertz CT molecular complexity index is 858. The minimum absolute atomic E-state index is 0.0664. The number of hydrogen-bond acceptors (Lipinski definition) is 7. The summed E-state index contributed by atoms with van der Waals surface area (Å²) in [6, 6.07) is 7.04. The standard InChI is InChI=1S/C15H15N7O2/c1-10-17-14(24-18-10)13-6-3-7-21(13)15(23)11-4-2-5-12(8-11)22-9-16-19-20-22/h2,4-5,8-9,13H,3,6-7H2,1H3. The number of hydrogen-bond donors (Lipinski definition) is 0. The smallest absolute Gasteiger partial charge is 0.254 e. The summed E-state index contributed by atoms with van der Waals surface area (Å²) < 4.78 is 6.77. The molecule has 1 aliphatic rings. The highest BCUT2D eigenvalue weighted by molar-refractivity contribution is 5.95. The second-order valence-corrected chi connectivity index (χ2v) is 5.64. The molecule has 0 aliphatic carbocycles. The van der Waals surface area contributed by atoms with Gasteiger partial charge < -0.3 is 9.42 Å². The predicted molar refractivity (Wildman–Crippen MR) is 81.2 cm³/mol. The number of nitrogens with zero attached hydrogens (tertiary/aromatic N) is 7. The normalized spacial score (nSPS) is 17.4. The molecule has 1 aromatic carbocycles. The number of likely N-dealkylation sites (tertiary alicyclic amines) is 1. The maximum Gasteiger partial charge on any atom is 0.254 e. The van der Waals surface area contributed by atoms with Gasteiger partial charge in [0, 0.05) is 12.1 Å². The molecule has 1 atom stereocenters. The molecule has 1 saturated heterocycles. The minimum Gasteiger partial charge on any atom is -0.337 e. The molecule has 0 bridgehead atoms. The molecule has 0 N–H and O–H groups in total. The lowest BCUT2D eigenvalue weighted by atomic mass is 10.1. The van der Waals surface area contributed by atoms with Gasteiger partial charge in [0.2, 0.25) is 5.89 Å². The summed E-state index contributed by atoms with van der Waals surface area (Å²) >= 11 is 0. The summed E-state index contributed by atoms with van der Waals surface area (Å²) in [5, 5.41) is 14.9. The Morgan fingerprint density at radius 1 is 1.38 bits per heavy atom. The lowest BCUT2D eigenvalue weighted by molar-refractivity contribution is 0.0710. The number of aryl methyl sites for hydroxylation is 1. The second kappa shape index (κ2) is 5.84. The first kappa shape index (κ1) is 14.5. The van der Waals surface area contributed by atoms with Crippen molar-refractivity contribution in [3.05, 3.63) is 47.9 Å². The molecule has 1 unspecified atom stereocenters. The van der Waals surface area contributed by atoms with Gasteiger partial charge in [-0.05, 0) is 48.4 Å². The summed E-state index contributed by atoms with van der Waals surface area (Å²) in [4.78, 5) is 19.0. The van der Waals surface area contributed by atoms with E-state index in [1.165, 1.54) is 11.0 Å². The zero-order chi connectivity index (χ0) is 16.5. The molecule has 0 spiro atoms. The highest BCUT2D eigenvalue weighted by Crippen LogP contribution is 2.32. The van der Waals surface area contributed by atoms with Crippen molar-refractivity contribution in [2.75, 3.05) is 6.54 Å². The van der Waals surface area contributed by atoms with E-state index >= 15 is 0 Å². The Hall–Kier alpha value is -3.10. The van der Waals surface area contributed by atoms with Gasteiger partial charge in [0.1, 0.15) is 12.4 Å². The fraction of sp³-hybridized carbons (Fsp3) is 0.333. The van der Waals surface area contributed by atoms with Crippen LogP contribution in [0.4, 0.5) is 0 Å². The Morgan fingerprint density at radius 3 is 3.04 bits per heavy atom. The van der Waals surface area contributed by atoms with E-state index in [0.717, 1.165) is 18.5 Å². The van der Waals surface area contributed by atoms with Crippen molar-refractivity contribution in [1.82, 2.24) is 35.2 Å². The van der Waals surface area contributed by atoms with Gasteiger partial charge in [0.15, 0.2) is 5.82 Å². The maximum atomic E-state index is 12.9. The average Bonchev–Trinajstić information content (AvgIpc) is 3.35. The van der Waals surface area contributed by atoms with Crippen LogP contribution in [0.25, 0.3) is 5.69 Å². The number of rotatable bonds is 3. The first-order chi connectivity index (χ1) is 11.7. The minimum atomic E-state index is -0.171. The SMILES string of the molecule is Cc1noc(C2CCCN2C(=O)c2cccc(-n3cnnn3)c2)n1. The van der Waals surface area contributed by atoms with E-state index in [2.05, 4.69) is 25.7 Å². The van der Waals surface area contributed by atoms with E-state index in [9.17, 15) is 4.79 Å². The number of aromatic nitrogens is 6. The maximum absolute atomic E-state index is 12.9. The molecule has 3 aromatic rings. The predicted octanol–water partition coefficient (Wildman–Crippen LogP) is 1.33. The second-order valence-electron chi connectivity index (χ2n) is 5.64. The zero-order valence-electron chi connectivity index (χ0n) is 13.0. The number of tetrazole rings is 1. The van der Waals surface area contributed by atoms with Crippen LogP contribution in [0.3, 0.4) is 0 Å². The number of carbonyl (C=O) groups is 1. The van der Waals surface area contributed by atoms with Crippen LogP contribution in [0, 0.1) is 6.92 Å². The first-order valence-corrected chi connectivity index (χ1v) is 7.67. The molecular weight excluding hydrogens is 310 g/mol. The van der Waals surface area contributed by atoms with Crippen LogP contribution >= 0.6 is 0 Å². The van der Waals surface area contributed by atoms with Crippen molar-refractivity contribution < 1.29 is 9.32 Å². The number of benzene rings is 1. The van der Waals surface area contributed by atoms with Crippen molar-refractivity contribution in [3.8, 4) is 5.69 Å². The van der Waals surface area contributed by atoms with E-state index in [4.69, 9.17) is 4.52 Å². The molecule has 24 heavy (non-hydrogen) atoms. The van der Waals surface area contributed by atoms with Crippen LogP contribution in [-0.4, -0.2) is 47.7 Å². The lowest BCUT2D eigenvalue weighted by Gasteiger charge is -2.22. The van der Waals surface area contributed by atoms with Gasteiger partial charge in [-0.25, -0.2) is 4.68 Å². The van der Waals surface area contributed by atoms with Crippen LogP contribution in [-0.2, 0) is 0 Å². The molecule has 1 amide bonds. The summed E-state index contributed by atoms with van der Waals surface area (Å²) in [6.07, 6.45) is 3.22. The van der Waals surface area contributed by atoms with E-state index in [1.54, 1.807) is 24.0 Å². The molecule has 1 aliphatic heterocycles. The van der Waals surface area contributed by atoms with Crippen LogP contribution in [0.15, 0.2) is 35.1 Å². The monoisotopic (exact) mass is 325 g/mol. The van der Waals surface area contributed by atoms with Gasteiger partial charge in [0.25, 0.3) is 5.91 Å². The number of carbonyl (C=O) groups excluding carboxylic acids is 1. The van der Waals surface area contributed by atoms with Crippen molar-refractivity contribution in [2.45, 2.75) is 25.8 Å². The number of amides is 1. The average molecular weight is 325 g/mol. The fourth-order valence-electron chi connectivity index (χ4n) is 2.94. The van der Waals surface area contributed by atoms with E-state index in [1.807, 2.05) is 12.1 Å². The van der Waals surface area contributed by atoms with Gasteiger partial charge in [0.05, 0.1) is 5.69 Å². The fourth-order valence-corrected chi connectivity index (χ4v) is 2.94. The zero-order valence-corrected chi connectivity index (χ0v) is 13.0. The summed E-state index contributed by atoms with van der Waals surface area (Å²) in [5.41, 5.74) is 1.31. The molecule has 0 radical (unpaired) electrons. The quantitative estimate of drug-likeness (QED) is 0.715. The van der Waals surface area contributed by atoms with Crippen molar-refractivity contribution in [3.63, 3.8) is 0 Å². The molecule has 4 rings (SSSR count). The van der Waals surface area contributed by atoms with Crippen LogP contribution in [0.5, 0.6) is 0 Å². The third-order valence-electron chi connectivity index (χ3n) is 4.05. The highest BCUT2D eigenvalue weighted by atomic mass is 16.5. The molecule has 122 valence electrons. The molecule has 3 heterocycles. The first-order valence-electron chi connectivity index (χ1n) is 7.67. The summed E-state index contributed by atoms with van der Waals surface area (Å²) in [7, 11) is 0. The van der Waals surface area contributed by atoms with Crippen LogP contribution in [0.2, 0.25) is 0 Å². The molecule has 9 nitrogen and oxygen atoms in total. The van der Waals surface area contributed by atoms with Gasteiger partial charge >= 0.3 is 0 Å². The van der Waals surface area contributed by atoms with Crippen molar-refractivity contribution in [2.24, 2.45) is 0 Å². The summed E-state index contributed by atoms with van der Waals surface area (Å²) in [6.45, 7) is 2.43. The van der Waals surface area contributed by atoms with Crippen LogP contribution in [0.1, 0.15) is 41.0 Å².